The highest BCUT2D eigenvalue weighted by Crippen LogP contribution is 2.16. The number of likely N-dealkylation sites (tertiary alicyclic amines) is 1. The van der Waals surface area contributed by atoms with Crippen molar-refractivity contribution in [2.75, 3.05) is 47.0 Å². The monoisotopic (exact) mass is 260 g/mol. The molecular weight excluding hydrogens is 232 g/mol. The Kier molecular flexibility index (Phi) is 7.77. The second kappa shape index (κ2) is 8.82. The first-order valence-corrected chi connectivity index (χ1v) is 6.84. The largest absolute Gasteiger partial charge is 0.389 e. The van der Waals surface area contributed by atoms with Crippen LogP contribution in [0.5, 0.6) is 0 Å². The molecule has 1 rings (SSSR count). The lowest BCUT2D eigenvalue weighted by atomic mass is 10.2. The fourth-order valence-electron chi connectivity index (χ4n) is 2.48. The number of nitrogens with zero attached hydrogens (tertiary/aromatic N) is 1. The molecule has 18 heavy (non-hydrogen) atoms. The number of β-amino-alcohol motifs (C(OH)–C–C–N with tert-alkyl or cyclic N) is 1. The zero-order chi connectivity index (χ0) is 13.4. The Morgan fingerprint density at radius 2 is 2.22 bits per heavy atom. The van der Waals surface area contributed by atoms with Crippen molar-refractivity contribution in [1.29, 1.82) is 0 Å². The van der Waals surface area contributed by atoms with Gasteiger partial charge < -0.3 is 19.9 Å². The first-order valence-electron chi connectivity index (χ1n) is 6.84. The van der Waals surface area contributed by atoms with Gasteiger partial charge in [0.1, 0.15) is 0 Å². The third-order valence-corrected chi connectivity index (χ3v) is 3.36. The van der Waals surface area contributed by atoms with Crippen molar-refractivity contribution in [3.8, 4) is 0 Å². The lowest BCUT2D eigenvalue weighted by Crippen LogP contribution is -2.42. The standard InChI is InChI=1S/C13H28N2O3/c1-11(9-17-3)18-10-13(16)8-15-6-4-5-12(15)7-14-2/h11-14,16H,4-10H2,1-3H3. The number of methoxy groups -OCH3 is 1. The molecule has 3 unspecified atom stereocenters. The van der Waals surface area contributed by atoms with Crippen molar-refractivity contribution in [2.24, 2.45) is 0 Å². The molecule has 0 radical (unpaired) electrons. The molecule has 1 aliphatic rings. The number of hydrogen-bond donors (Lipinski definition) is 2. The molecule has 0 aromatic carbocycles. The van der Waals surface area contributed by atoms with E-state index >= 15 is 0 Å². The van der Waals surface area contributed by atoms with E-state index in [9.17, 15) is 5.11 Å². The normalized spacial score (nSPS) is 24.3. The molecule has 0 saturated carbocycles. The molecule has 0 aromatic heterocycles. The Labute approximate surface area is 110 Å². The summed E-state index contributed by atoms with van der Waals surface area (Å²) in [5, 5.41) is 13.2. The molecule has 0 spiro atoms. The van der Waals surface area contributed by atoms with Crippen molar-refractivity contribution in [3.05, 3.63) is 0 Å². The molecular formula is C13H28N2O3. The molecule has 1 heterocycles. The fraction of sp³-hybridized carbons (Fsp3) is 1.00. The molecule has 1 aliphatic heterocycles. The Morgan fingerprint density at radius 3 is 2.89 bits per heavy atom. The van der Waals surface area contributed by atoms with Gasteiger partial charge >= 0.3 is 0 Å². The van der Waals surface area contributed by atoms with Gasteiger partial charge in [0.2, 0.25) is 0 Å². The van der Waals surface area contributed by atoms with Gasteiger partial charge in [-0.1, -0.05) is 0 Å². The molecule has 0 bridgehead atoms. The minimum absolute atomic E-state index is 0.0383. The molecule has 1 saturated heterocycles. The van der Waals surface area contributed by atoms with Gasteiger partial charge in [-0.05, 0) is 33.4 Å². The average molecular weight is 260 g/mol. The van der Waals surface area contributed by atoms with E-state index in [1.54, 1.807) is 7.11 Å². The van der Waals surface area contributed by atoms with Crippen LogP contribution in [0.25, 0.3) is 0 Å². The minimum atomic E-state index is -0.415. The van der Waals surface area contributed by atoms with E-state index in [1.165, 1.54) is 12.8 Å². The highest BCUT2D eigenvalue weighted by Gasteiger charge is 2.25. The summed E-state index contributed by atoms with van der Waals surface area (Å²) in [7, 11) is 3.63. The van der Waals surface area contributed by atoms with Gasteiger partial charge in [-0.15, -0.1) is 0 Å². The second-order valence-electron chi connectivity index (χ2n) is 5.10. The quantitative estimate of drug-likeness (QED) is 0.615. The number of ether oxygens (including phenoxy) is 2. The van der Waals surface area contributed by atoms with Crippen molar-refractivity contribution in [2.45, 2.75) is 38.0 Å². The van der Waals surface area contributed by atoms with E-state index in [2.05, 4.69) is 10.2 Å². The van der Waals surface area contributed by atoms with E-state index in [-0.39, 0.29) is 6.10 Å². The Hall–Kier alpha value is -0.200. The second-order valence-corrected chi connectivity index (χ2v) is 5.10. The number of aliphatic hydroxyl groups excluding tert-OH is 1. The van der Waals surface area contributed by atoms with Crippen LogP contribution in [0.1, 0.15) is 19.8 Å². The first-order chi connectivity index (χ1) is 8.67. The van der Waals surface area contributed by atoms with Crippen LogP contribution in [0, 0.1) is 0 Å². The lowest BCUT2D eigenvalue weighted by molar-refractivity contribution is -0.0404. The Bertz CT molecular complexity index is 216. The van der Waals surface area contributed by atoms with Crippen molar-refractivity contribution >= 4 is 0 Å². The smallest absolute Gasteiger partial charge is 0.0900 e. The number of nitrogens with one attached hydrogen (secondary N) is 1. The van der Waals surface area contributed by atoms with Gasteiger partial charge in [0.25, 0.3) is 0 Å². The van der Waals surface area contributed by atoms with Gasteiger partial charge in [0.15, 0.2) is 0 Å². The average Bonchev–Trinajstić information content (AvgIpc) is 2.75. The summed E-state index contributed by atoms with van der Waals surface area (Å²) >= 11 is 0. The lowest BCUT2D eigenvalue weighted by Gasteiger charge is -2.27. The maximum atomic E-state index is 9.98. The van der Waals surface area contributed by atoms with Gasteiger partial charge in [-0.25, -0.2) is 0 Å². The predicted molar refractivity (Wildman–Crippen MR) is 71.8 cm³/mol. The maximum absolute atomic E-state index is 9.98. The van der Waals surface area contributed by atoms with Crippen LogP contribution in [-0.4, -0.2) is 75.3 Å². The zero-order valence-corrected chi connectivity index (χ0v) is 11.9. The molecule has 3 atom stereocenters. The topological polar surface area (TPSA) is 54.0 Å². The third kappa shape index (κ3) is 5.63. The Morgan fingerprint density at radius 1 is 1.44 bits per heavy atom. The number of likely N-dealkylation sites (N-methyl/N-ethyl adjacent to an activating group) is 1. The summed E-state index contributed by atoms with van der Waals surface area (Å²) in [6, 6.07) is 0.557. The van der Waals surface area contributed by atoms with Crippen molar-refractivity contribution in [1.82, 2.24) is 10.2 Å². The van der Waals surface area contributed by atoms with Gasteiger partial charge in [0.05, 0.1) is 25.4 Å². The maximum Gasteiger partial charge on any atom is 0.0900 e. The number of rotatable bonds is 9. The molecule has 0 aromatic rings. The van der Waals surface area contributed by atoms with Crippen LogP contribution in [0.2, 0.25) is 0 Å². The molecule has 2 N–H and O–H groups in total. The molecule has 5 nitrogen and oxygen atoms in total. The summed E-state index contributed by atoms with van der Waals surface area (Å²) in [6.07, 6.45) is 2.06. The number of aliphatic hydroxyl groups is 1. The van der Waals surface area contributed by atoms with Crippen LogP contribution in [-0.2, 0) is 9.47 Å². The van der Waals surface area contributed by atoms with Gasteiger partial charge in [-0.2, -0.15) is 0 Å². The van der Waals surface area contributed by atoms with E-state index < -0.39 is 6.10 Å². The SMILES string of the molecule is CNCC1CCCN1CC(O)COC(C)COC. The third-order valence-electron chi connectivity index (χ3n) is 3.36. The minimum Gasteiger partial charge on any atom is -0.389 e. The molecule has 0 aliphatic carbocycles. The van der Waals surface area contributed by atoms with E-state index in [0.29, 0.717) is 25.8 Å². The highest BCUT2D eigenvalue weighted by atomic mass is 16.5. The summed E-state index contributed by atoms with van der Waals surface area (Å²) in [5.74, 6) is 0. The fourth-order valence-corrected chi connectivity index (χ4v) is 2.48. The molecule has 1 fully saturated rings. The van der Waals surface area contributed by atoms with Crippen LogP contribution < -0.4 is 5.32 Å². The summed E-state index contributed by atoms with van der Waals surface area (Å²) in [4.78, 5) is 2.35. The summed E-state index contributed by atoms with van der Waals surface area (Å²) in [5.41, 5.74) is 0. The van der Waals surface area contributed by atoms with Crippen LogP contribution in [0.3, 0.4) is 0 Å². The molecule has 108 valence electrons. The van der Waals surface area contributed by atoms with Gasteiger partial charge in [-0.3, -0.25) is 4.90 Å². The van der Waals surface area contributed by atoms with E-state index in [0.717, 1.165) is 13.1 Å². The van der Waals surface area contributed by atoms with Crippen LogP contribution >= 0.6 is 0 Å². The molecule has 5 heteroatoms. The highest BCUT2D eigenvalue weighted by molar-refractivity contribution is 4.82. The van der Waals surface area contributed by atoms with Crippen LogP contribution in [0.4, 0.5) is 0 Å². The number of hydrogen-bond acceptors (Lipinski definition) is 5. The predicted octanol–water partition coefficient (Wildman–Crippen LogP) is 0.0826. The zero-order valence-electron chi connectivity index (χ0n) is 11.9. The Balaban J connectivity index is 2.20. The van der Waals surface area contributed by atoms with Gasteiger partial charge in [0, 0.05) is 26.2 Å². The van der Waals surface area contributed by atoms with Crippen LogP contribution in [0.15, 0.2) is 0 Å². The first kappa shape index (κ1) is 15.9. The van der Waals surface area contributed by atoms with E-state index in [4.69, 9.17) is 9.47 Å². The van der Waals surface area contributed by atoms with Crippen molar-refractivity contribution < 1.29 is 14.6 Å². The molecule has 0 amide bonds. The summed E-state index contributed by atoms with van der Waals surface area (Å²) < 4.78 is 10.5. The summed E-state index contributed by atoms with van der Waals surface area (Å²) in [6.45, 7) is 5.68. The van der Waals surface area contributed by atoms with E-state index in [1.807, 2.05) is 14.0 Å². The van der Waals surface area contributed by atoms with Crippen molar-refractivity contribution in [3.63, 3.8) is 0 Å².